The minimum atomic E-state index is 0.839. The van der Waals surface area contributed by atoms with Crippen LogP contribution in [0.15, 0.2) is 249 Å². The number of para-hydroxylation sites is 9. The lowest BCUT2D eigenvalue weighted by molar-refractivity contribution is 1.06. The third-order valence-electron chi connectivity index (χ3n) is 14.6. The summed E-state index contributed by atoms with van der Waals surface area (Å²) in [5, 5.41) is 9.62. The normalized spacial score (nSPS) is 12.0. The van der Waals surface area contributed by atoms with Crippen LogP contribution in [0, 0.1) is 0 Å². The quantitative estimate of drug-likeness (QED) is 0.164. The number of aromatic nitrogens is 5. The predicted molar refractivity (Wildman–Crippen MR) is 292 cm³/mol. The fourth-order valence-corrected chi connectivity index (χ4v) is 11.7. The van der Waals surface area contributed by atoms with Crippen LogP contribution >= 0.6 is 0 Å². The second-order valence-electron chi connectivity index (χ2n) is 18.3. The van der Waals surface area contributed by atoms with Gasteiger partial charge in [0.15, 0.2) is 0 Å². The van der Waals surface area contributed by atoms with Crippen molar-refractivity contribution >= 4 is 87.2 Å². The maximum atomic E-state index is 5.97. The van der Waals surface area contributed by atoms with Crippen molar-refractivity contribution in [2.45, 2.75) is 0 Å². The van der Waals surface area contributed by atoms with Crippen molar-refractivity contribution in [3.8, 4) is 45.3 Å². The summed E-state index contributed by atoms with van der Waals surface area (Å²) >= 11 is 0. The first-order valence-electron chi connectivity index (χ1n) is 24.0. The maximum Gasteiger partial charge on any atom is 0.140 e. The highest BCUT2D eigenvalue weighted by Crippen LogP contribution is 2.46. The van der Waals surface area contributed by atoms with Crippen LogP contribution in [0.2, 0.25) is 0 Å². The first kappa shape index (κ1) is 38.6. The molecule has 0 saturated heterocycles. The van der Waals surface area contributed by atoms with E-state index in [1.807, 2.05) is 0 Å². The summed E-state index contributed by atoms with van der Waals surface area (Å²) in [4.78, 5) is 5.97. The molecule has 15 aromatic rings. The van der Waals surface area contributed by atoms with Crippen molar-refractivity contribution in [3.05, 3.63) is 249 Å². The molecule has 326 valence electrons. The molecule has 0 N–H and O–H groups in total. The molecule has 5 heteroatoms. The third-order valence-corrected chi connectivity index (χ3v) is 14.6. The Hall–Kier alpha value is -9.45. The molecule has 0 unspecified atom stereocenters. The van der Waals surface area contributed by atoms with Crippen molar-refractivity contribution in [3.63, 3.8) is 0 Å². The molecule has 0 fully saturated rings. The van der Waals surface area contributed by atoms with Crippen molar-refractivity contribution in [2.75, 3.05) is 0 Å². The summed E-state index contributed by atoms with van der Waals surface area (Å²) in [7, 11) is 0. The van der Waals surface area contributed by atoms with Crippen LogP contribution in [-0.4, -0.2) is 23.3 Å². The second-order valence-corrected chi connectivity index (χ2v) is 18.3. The van der Waals surface area contributed by atoms with E-state index in [9.17, 15) is 0 Å². The lowest BCUT2D eigenvalue weighted by atomic mass is 9.93. The number of hydrogen-bond donors (Lipinski definition) is 0. The Balaban J connectivity index is 1.14. The summed E-state index contributed by atoms with van der Waals surface area (Å²) < 4.78 is 9.71. The number of benzene rings is 10. The van der Waals surface area contributed by atoms with Gasteiger partial charge in [0.05, 0.1) is 61.2 Å². The van der Waals surface area contributed by atoms with Gasteiger partial charge >= 0.3 is 0 Å². The second kappa shape index (κ2) is 15.0. The zero-order valence-corrected chi connectivity index (χ0v) is 37.9. The van der Waals surface area contributed by atoms with Gasteiger partial charge in [-0.2, -0.15) is 0 Å². The molecule has 0 bridgehead atoms. The Kier molecular flexibility index (Phi) is 8.29. The van der Waals surface area contributed by atoms with Gasteiger partial charge in [0.25, 0.3) is 0 Å². The van der Waals surface area contributed by atoms with Gasteiger partial charge in [0, 0.05) is 66.0 Å². The Bertz CT molecular complexity index is 4310. The van der Waals surface area contributed by atoms with Crippen LogP contribution in [0.1, 0.15) is 0 Å². The number of nitrogens with zero attached hydrogens (tertiary/aromatic N) is 5. The number of rotatable bonds is 6. The van der Waals surface area contributed by atoms with Crippen molar-refractivity contribution in [2.24, 2.45) is 0 Å². The van der Waals surface area contributed by atoms with E-state index in [2.05, 4.69) is 267 Å². The molecule has 0 radical (unpaired) electrons. The first-order valence-corrected chi connectivity index (χ1v) is 24.0. The summed E-state index contributed by atoms with van der Waals surface area (Å²) in [6, 6.07) is 90.5. The average molecular weight is 892 g/mol. The molecule has 10 aromatic carbocycles. The van der Waals surface area contributed by atoms with Gasteiger partial charge in [-0.1, -0.05) is 176 Å². The molecule has 0 aliphatic carbocycles. The fraction of sp³-hybridized carbons (Fsp3) is 0. The highest BCUT2D eigenvalue weighted by atomic mass is 15.1. The van der Waals surface area contributed by atoms with E-state index in [-0.39, 0.29) is 0 Å². The molecule has 0 aliphatic rings. The third kappa shape index (κ3) is 5.51. The van der Waals surface area contributed by atoms with Crippen LogP contribution in [0.3, 0.4) is 0 Å². The molecule has 5 nitrogen and oxygen atoms in total. The molecule has 5 heterocycles. The van der Waals surface area contributed by atoms with Gasteiger partial charge < -0.3 is 13.7 Å². The lowest BCUT2D eigenvalue weighted by Crippen LogP contribution is -2.06. The molecule has 15 rings (SSSR count). The molecule has 70 heavy (non-hydrogen) atoms. The van der Waals surface area contributed by atoms with E-state index in [1.54, 1.807) is 0 Å². The molecule has 0 spiro atoms. The molecule has 0 amide bonds. The highest BCUT2D eigenvalue weighted by Gasteiger charge is 2.26. The average Bonchev–Trinajstić information content (AvgIpc) is 4.16. The first-order chi connectivity index (χ1) is 34.8. The summed E-state index contributed by atoms with van der Waals surface area (Å²) in [6.07, 6.45) is 0. The number of hydrogen-bond acceptors (Lipinski definition) is 1. The smallest absolute Gasteiger partial charge is 0.140 e. The van der Waals surface area contributed by atoms with Crippen molar-refractivity contribution in [1.82, 2.24) is 23.3 Å². The van der Waals surface area contributed by atoms with Crippen LogP contribution in [0.5, 0.6) is 0 Å². The molecular weight excluding hydrogens is 851 g/mol. The maximum absolute atomic E-state index is 5.97. The van der Waals surface area contributed by atoms with Crippen LogP contribution in [0.25, 0.3) is 132 Å². The minimum Gasteiger partial charge on any atom is -0.309 e. The predicted octanol–water partition coefficient (Wildman–Crippen LogP) is 16.8. The Morgan fingerprint density at radius 2 is 0.643 bits per heavy atom. The largest absolute Gasteiger partial charge is 0.309 e. The van der Waals surface area contributed by atoms with Gasteiger partial charge in [-0.15, -0.1) is 0 Å². The van der Waals surface area contributed by atoms with Gasteiger partial charge in [-0.3, -0.25) is 4.57 Å². The van der Waals surface area contributed by atoms with E-state index < -0.39 is 0 Å². The van der Waals surface area contributed by atoms with Gasteiger partial charge in [0.1, 0.15) is 5.82 Å². The van der Waals surface area contributed by atoms with Gasteiger partial charge in [-0.25, -0.2) is 4.98 Å². The highest BCUT2D eigenvalue weighted by molar-refractivity contribution is 6.16. The zero-order chi connectivity index (χ0) is 45.9. The summed E-state index contributed by atoms with van der Waals surface area (Å²) in [5.74, 6) is 0.839. The monoisotopic (exact) mass is 891 g/mol. The molecule has 0 saturated carbocycles. The van der Waals surface area contributed by atoms with Gasteiger partial charge in [-0.05, 0) is 72.3 Å². The van der Waals surface area contributed by atoms with E-state index in [0.29, 0.717) is 0 Å². The Morgan fingerprint density at radius 1 is 0.257 bits per heavy atom. The van der Waals surface area contributed by atoms with Crippen molar-refractivity contribution < 1.29 is 0 Å². The van der Waals surface area contributed by atoms with E-state index in [1.165, 1.54) is 43.1 Å². The van der Waals surface area contributed by atoms with Crippen molar-refractivity contribution in [1.29, 1.82) is 0 Å². The topological polar surface area (TPSA) is 32.6 Å². The minimum absolute atomic E-state index is 0.839. The van der Waals surface area contributed by atoms with Crippen LogP contribution in [-0.2, 0) is 0 Å². The SMILES string of the molecule is c1ccc(-n2c3ccccc3c3cccc(-c4cccc(-n5c6ccccc6c6ccccc65)c4-c4cc(-n5c6ccccc6c6ccccc65)cc(-n5c6ccccc6c6ccccc65)n4)c32)cc1. The molecule has 5 aromatic heterocycles. The number of pyridine rings is 1. The molecular formula is C65H41N5. The summed E-state index contributed by atoms with van der Waals surface area (Å²) in [5.41, 5.74) is 16.4. The lowest BCUT2D eigenvalue weighted by Gasteiger charge is -2.21. The van der Waals surface area contributed by atoms with E-state index >= 15 is 0 Å². The Morgan fingerprint density at radius 3 is 1.16 bits per heavy atom. The molecule has 0 atom stereocenters. The van der Waals surface area contributed by atoms with Crippen LogP contribution in [0.4, 0.5) is 0 Å². The molecule has 0 aliphatic heterocycles. The zero-order valence-electron chi connectivity index (χ0n) is 37.9. The van der Waals surface area contributed by atoms with E-state index in [0.717, 1.165) is 89.4 Å². The van der Waals surface area contributed by atoms with Gasteiger partial charge in [0.2, 0.25) is 0 Å². The Labute approximate surface area is 402 Å². The fourth-order valence-electron chi connectivity index (χ4n) is 11.7. The standard InChI is InChI=1S/C65H41N5/c1-2-20-42(21-3-1)68-57-34-13-10-28-50(57)52-30-18-31-53(65(52)68)51-29-19-39-62(69-58-35-14-6-24-46(58)47-25-7-15-36-59(47)69)64(51)54-40-43(67-55-32-11-4-22-44(55)45-23-5-12-33-56(45)67)41-63(66-54)70-60-37-16-8-26-48(60)49-27-9-17-38-61(49)70/h1-41H. The van der Waals surface area contributed by atoms with Crippen LogP contribution < -0.4 is 0 Å². The number of fused-ring (bicyclic) bond motifs is 12. The van der Waals surface area contributed by atoms with E-state index in [4.69, 9.17) is 4.98 Å². The summed E-state index contributed by atoms with van der Waals surface area (Å²) in [6.45, 7) is 0.